The van der Waals surface area contributed by atoms with Crippen LogP contribution in [0, 0.1) is 0 Å². The largest absolute Gasteiger partial charge is 0.416 e. The third-order valence-electron chi connectivity index (χ3n) is 4.83. The average Bonchev–Trinajstić information content (AvgIpc) is 3.50. The van der Waals surface area contributed by atoms with Crippen molar-refractivity contribution < 1.29 is 26.4 Å². The fourth-order valence-electron chi connectivity index (χ4n) is 2.94. The highest BCUT2D eigenvalue weighted by molar-refractivity contribution is 7.89. The van der Waals surface area contributed by atoms with Crippen LogP contribution in [0.15, 0.2) is 47.4 Å². The van der Waals surface area contributed by atoms with E-state index in [0.717, 1.165) is 29.3 Å². The van der Waals surface area contributed by atoms with Crippen LogP contribution >= 0.6 is 11.6 Å². The number of hydrogen-bond acceptors (Lipinski definition) is 3. The van der Waals surface area contributed by atoms with Gasteiger partial charge in [-0.15, -0.1) is 0 Å². The van der Waals surface area contributed by atoms with E-state index in [0.29, 0.717) is 5.56 Å². The minimum absolute atomic E-state index is 0.0402. The van der Waals surface area contributed by atoms with Crippen LogP contribution in [0.25, 0.3) is 0 Å². The number of halogens is 4. The summed E-state index contributed by atoms with van der Waals surface area (Å²) in [5, 5.41) is 0.107. The molecule has 1 fully saturated rings. The first-order valence-electron chi connectivity index (χ1n) is 9.10. The maximum absolute atomic E-state index is 13.2. The summed E-state index contributed by atoms with van der Waals surface area (Å²) in [6.45, 7) is 0.0998. The van der Waals surface area contributed by atoms with Crippen molar-refractivity contribution in [3.63, 3.8) is 0 Å². The van der Waals surface area contributed by atoms with Crippen molar-refractivity contribution in [2.45, 2.75) is 36.5 Å². The van der Waals surface area contributed by atoms with Gasteiger partial charge in [0.25, 0.3) is 5.91 Å². The molecule has 0 aromatic heterocycles. The smallest absolute Gasteiger partial charge is 0.331 e. The van der Waals surface area contributed by atoms with Crippen LogP contribution in [0.4, 0.5) is 13.2 Å². The number of amides is 1. The normalized spacial score (nSPS) is 14.8. The molecule has 0 radical (unpaired) electrons. The monoisotopic (exact) mass is 460 g/mol. The topological polar surface area (TPSA) is 57.7 Å². The quantitative estimate of drug-likeness (QED) is 0.641. The summed E-state index contributed by atoms with van der Waals surface area (Å²) in [7, 11) is -0.997. The molecular formula is C20H20ClF3N2O3S. The number of alkyl halides is 3. The molecule has 0 spiro atoms. The first-order chi connectivity index (χ1) is 13.9. The Hall–Kier alpha value is -2.10. The van der Waals surface area contributed by atoms with Crippen molar-refractivity contribution in [1.82, 2.24) is 9.21 Å². The maximum atomic E-state index is 13.2. The van der Waals surface area contributed by atoms with Gasteiger partial charge < -0.3 is 4.90 Å². The molecule has 0 atom stereocenters. The highest BCUT2D eigenvalue weighted by atomic mass is 35.5. The van der Waals surface area contributed by atoms with Gasteiger partial charge in [0, 0.05) is 26.7 Å². The van der Waals surface area contributed by atoms with Crippen LogP contribution in [0.1, 0.15) is 34.3 Å². The molecule has 0 saturated heterocycles. The van der Waals surface area contributed by atoms with Gasteiger partial charge in [-0.05, 0) is 48.7 Å². The van der Waals surface area contributed by atoms with Gasteiger partial charge in [-0.25, -0.2) is 12.7 Å². The average molecular weight is 461 g/mol. The summed E-state index contributed by atoms with van der Waals surface area (Å²) in [5.41, 5.74) is -0.185. The molecule has 1 aliphatic carbocycles. The molecule has 162 valence electrons. The van der Waals surface area contributed by atoms with Crippen LogP contribution in [-0.2, 0) is 22.7 Å². The molecule has 3 rings (SSSR count). The van der Waals surface area contributed by atoms with Gasteiger partial charge in [0.05, 0.1) is 21.0 Å². The Labute approximate surface area is 178 Å². The zero-order chi connectivity index (χ0) is 22.3. The molecule has 0 N–H and O–H groups in total. The van der Waals surface area contributed by atoms with Crippen LogP contribution in [0.2, 0.25) is 5.02 Å². The van der Waals surface area contributed by atoms with Crippen molar-refractivity contribution in [3.8, 4) is 0 Å². The Morgan fingerprint density at radius 1 is 1.10 bits per heavy atom. The van der Waals surface area contributed by atoms with E-state index in [2.05, 4.69) is 0 Å². The van der Waals surface area contributed by atoms with Gasteiger partial charge in [-0.3, -0.25) is 4.79 Å². The summed E-state index contributed by atoms with van der Waals surface area (Å²) in [4.78, 5) is 14.6. The van der Waals surface area contributed by atoms with Gasteiger partial charge in [-0.2, -0.15) is 13.2 Å². The SMILES string of the molecule is CN(C)S(=O)(=O)c1ccc(Cl)c(C(=O)N(Cc2ccc(C(F)(F)F)cc2)C2CC2)c1. The van der Waals surface area contributed by atoms with E-state index in [1.165, 1.54) is 49.3 Å². The molecule has 0 unspecified atom stereocenters. The molecule has 2 aromatic carbocycles. The van der Waals surface area contributed by atoms with Crippen molar-refractivity contribution >= 4 is 27.5 Å². The lowest BCUT2D eigenvalue weighted by molar-refractivity contribution is -0.137. The summed E-state index contributed by atoms with van der Waals surface area (Å²) >= 11 is 6.18. The van der Waals surface area contributed by atoms with Gasteiger partial charge >= 0.3 is 6.18 Å². The van der Waals surface area contributed by atoms with E-state index >= 15 is 0 Å². The lowest BCUT2D eigenvalue weighted by atomic mass is 10.1. The minimum Gasteiger partial charge on any atom is -0.331 e. The Bertz CT molecular complexity index is 1050. The fraction of sp³-hybridized carbons (Fsp3) is 0.350. The number of benzene rings is 2. The van der Waals surface area contributed by atoms with E-state index < -0.39 is 27.7 Å². The number of carbonyl (C=O) groups excluding carboxylic acids is 1. The Morgan fingerprint density at radius 2 is 1.70 bits per heavy atom. The first-order valence-corrected chi connectivity index (χ1v) is 10.9. The molecule has 1 amide bonds. The van der Waals surface area contributed by atoms with E-state index in [1.54, 1.807) is 0 Å². The van der Waals surface area contributed by atoms with Crippen LogP contribution in [0.5, 0.6) is 0 Å². The Morgan fingerprint density at radius 3 is 2.20 bits per heavy atom. The molecule has 0 aliphatic heterocycles. The number of hydrogen-bond donors (Lipinski definition) is 0. The number of nitrogens with zero attached hydrogens (tertiary/aromatic N) is 2. The van der Waals surface area contributed by atoms with Crippen LogP contribution in [-0.4, -0.2) is 43.7 Å². The standard InChI is InChI=1S/C20H20ClF3N2O3S/c1-25(2)30(28,29)16-9-10-18(21)17(11-16)19(27)26(15-7-8-15)12-13-3-5-14(6-4-13)20(22,23)24/h3-6,9-11,15H,7-8,12H2,1-2H3. The molecule has 0 bridgehead atoms. The van der Waals surface area contributed by atoms with Gasteiger partial charge in [0.2, 0.25) is 10.0 Å². The van der Waals surface area contributed by atoms with Gasteiger partial charge in [0.1, 0.15) is 0 Å². The second-order valence-corrected chi connectivity index (χ2v) is 9.85. The van der Waals surface area contributed by atoms with Crippen molar-refractivity contribution in [2.75, 3.05) is 14.1 Å². The lowest BCUT2D eigenvalue weighted by Gasteiger charge is -2.24. The highest BCUT2D eigenvalue weighted by Gasteiger charge is 2.35. The summed E-state index contributed by atoms with van der Waals surface area (Å²) in [5.74, 6) is -0.460. The van der Waals surface area contributed by atoms with E-state index in [1.807, 2.05) is 0 Å². The molecule has 10 heteroatoms. The van der Waals surface area contributed by atoms with E-state index in [-0.39, 0.29) is 28.1 Å². The van der Waals surface area contributed by atoms with Crippen LogP contribution < -0.4 is 0 Å². The summed E-state index contributed by atoms with van der Waals surface area (Å²) < 4.78 is 64.2. The third-order valence-corrected chi connectivity index (χ3v) is 6.97. The number of sulfonamides is 1. The molecule has 1 aliphatic rings. The summed E-state index contributed by atoms with van der Waals surface area (Å²) in [6.07, 6.45) is -2.91. The zero-order valence-electron chi connectivity index (χ0n) is 16.3. The highest BCUT2D eigenvalue weighted by Crippen LogP contribution is 2.33. The molecular weight excluding hydrogens is 441 g/mol. The summed E-state index contributed by atoms with van der Waals surface area (Å²) in [6, 6.07) is 8.47. The predicted octanol–water partition coefficient (Wildman–Crippen LogP) is 4.41. The van der Waals surface area contributed by atoms with Crippen molar-refractivity contribution in [3.05, 3.63) is 64.2 Å². The van der Waals surface area contributed by atoms with E-state index in [9.17, 15) is 26.4 Å². The van der Waals surface area contributed by atoms with Crippen molar-refractivity contribution in [1.29, 1.82) is 0 Å². The molecule has 1 saturated carbocycles. The Kier molecular flexibility index (Phi) is 6.18. The zero-order valence-corrected chi connectivity index (χ0v) is 17.9. The predicted molar refractivity (Wildman–Crippen MR) is 107 cm³/mol. The van der Waals surface area contributed by atoms with Crippen LogP contribution in [0.3, 0.4) is 0 Å². The molecule has 0 heterocycles. The molecule has 30 heavy (non-hydrogen) atoms. The Balaban J connectivity index is 1.90. The second-order valence-electron chi connectivity index (χ2n) is 7.29. The molecule has 5 nitrogen and oxygen atoms in total. The number of carbonyl (C=O) groups is 1. The second kappa shape index (κ2) is 8.20. The van der Waals surface area contributed by atoms with E-state index in [4.69, 9.17) is 11.6 Å². The fourth-order valence-corrected chi connectivity index (χ4v) is 4.07. The van der Waals surface area contributed by atoms with Gasteiger partial charge in [0.15, 0.2) is 0 Å². The molecule has 2 aromatic rings. The number of rotatable bonds is 6. The minimum atomic E-state index is -4.43. The lowest BCUT2D eigenvalue weighted by Crippen LogP contribution is -2.33. The van der Waals surface area contributed by atoms with Gasteiger partial charge in [-0.1, -0.05) is 23.7 Å². The maximum Gasteiger partial charge on any atom is 0.416 e. The third kappa shape index (κ3) is 4.79. The van der Waals surface area contributed by atoms with Crippen molar-refractivity contribution in [2.24, 2.45) is 0 Å². The first kappa shape index (κ1) is 22.6.